The van der Waals surface area contributed by atoms with Crippen LogP contribution in [0.5, 0.6) is 0 Å². The Hall–Kier alpha value is -3.11. The first-order valence-electron chi connectivity index (χ1n) is 10.2. The zero-order valence-electron chi connectivity index (χ0n) is 17.3. The number of nitrogens with one attached hydrogen (secondary N) is 1. The first kappa shape index (κ1) is 19.8. The van der Waals surface area contributed by atoms with Gasteiger partial charge >= 0.3 is 5.97 Å². The maximum atomic E-state index is 12.6. The van der Waals surface area contributed by atoms with E-state index < -0.39 is 5.97 Å². The van der Waals surface area contributed by atoms with Gasteiger partial charge in [-0.05, 0) is 50.6 Å². The maximum absolute atomic E-state index is 12.6. The van der Waals surface area contributed by atoms with Crippen LogP contribution >= 0.6 is 11.3 Å². The fourth-order valence-corrected chi connectivity index (χ4v) is 5.37. The Bertz CT molecular complexity index is 1330. The monoisotopic (exact) mass is 438 g/mol. The van der Waals surface area contributed by atoms with Crippen LogP contribution in [0.25, 0.3) is 15.9 Å². The first-order valence-corrected chi connectivity index (χ1v) is 11.0. The van der Waals surface area contributed by atoms with Gasteiger partial charge in [0.25, 0.3) is 5.56 Å². The van der Waals surface area contributed by atoms with Crippen molar-refractivity contribution >= 4 is 33.2 Å². The van der Waals surface area contributed by atoms with Gasteiger partial charge < -0.3 is 9.72 Å². The number of thiophene rings is 1. The lowest BCUT2D eigenvalue weighted by atomic mass is 9.96. The van der Waals surface area contributed by atoms with E-state index in [-0.39, 0.29) is 5.56 Å². The van der Waals surface area contributed by atoms with Gasteiger partial charge in [-0.25, -0.2) is 9.78 Å². The number of esters is 1. The molecule has 10 heteroatoms. The molecule has 0 radical (unpaired) electrons. The third-order valence-corrected chi connectivity index (χ3v) is 7.05. The molecule has 0 aromatic carbocycles. The summed E-state index contributed by atoms with van der Waals surface area (Å²) in [6.45, 7) is 4.07. The van der Waals surface area contributed by atoms with Crippen LogP contribution < -0.4 is 5.56 Å². The quantitative estimate of drug-likeness (QED) is 0.488. The van der Waals surface area contributed by atoms with E-state index in [2.05, 4.69) is 29.5 Å². The van der Waals surface area contributed by atoms with Crippen LogP contribution in [-0.4, -0.2) is 55.6 Å². The summed E-state index contributed by atoms with van der Waals surface area (Å²) in [5, 5.41) is 9.13. The molecule has 1 N–H and O–H groups in total. The van der Waals surface area contributed by atoms with Gasteiger partial charge in [0.2, 0.25) is 0 Å². The molecular formula is C21H22N6O3S. The molecule has 0 unspecified atom stereocenters. The molecular weight excluding hydrogens is 416 g/mol. The average Bonchev–Trinajstić information content (AvgIpc) is 3.35. The summed E-state index contributed by atoms with van der Waals surface area (Å²) in [5.41, 5.74) is 1.27. The molecule has 1 fully saturated rings. The number of pyridine rings is 1. The largest absolute Gasteiger partial charge is 0.465 e. The van der Waals surface area contributed by atoms with E-state index >= 15 is 0 Å². The molecule has 5 heterocycles. The fourth-order valence-electron chi connectivity index (χ4n) is 4.25. The molecule has 9 nitrogen and oxygen atoms in total. The second-order valence-corrected chi connectivity index (χ2v) is 8.78. The Morgan fingerprint density at radius 3 is 2.87 bits per heavy atom. The zero-order valence-corrected chi connectivity index (χ0v) is 18.1. The second kappa shape index (κ2) is 7.86. The molecule has 160 valence electrons. The van der Waals surface area contributed by atoms with Crippen LogP contribution in [0.2, 0.25) is 0 Å². The molecule has 1 aliphatic rings. The van der Waals surface area contributed by atoms with E-state index in [1.54, 1.807) is 6.92 Å². The van der Waals surface area contributed by atoms with Crippen molar-refractivity contribution < 1.29 is 9.53 Å². The molecule has 0 atom stereocenters. The predicted octanol–water partition coefficient (Wildman–Crippen LogP) is 2.50. The number of fused-ring (bicyclic) bond motifs is 2. The number of aromatic amines is 1. The Labute approximate surface area is 181 Å². The Kier molecular flexibility index (Phi) is 5.03. The molecule has 1 saturated heterocycles. The highest BCUT2D eigenvalue weighted by molar-refractivity contribution is 7.20. The summed E-state index contributed by atoms with van der Waals surface area (Å²) >= 11 is 1.20. The van der Waals surface area contributed by atoms with Crippen molar-refractivity contribution in [3.05, 3.63) is 56.8 Å². The average molecular weight is 439 g/mol. The number of methoxy groups -OCH3 is 1. The van der Waals surface area contributed by atoms with Crippen LogP contribution in [-0.2, 0) is 11.3 Å². The maximum Gasteiger partial charge on any atom is 0.348 e. The number of aryl methyl sites for hydroxylation is 1. The van der Waals surface area contributed by atoms with E-state index in [1.807, 2.05) is 24.4 Å². The summed E-state index contributed by atoms with van der Waals surface area (Å²) in [5.74, 6) is 1.53. The molecule has 31 heavy (non-hydrogen) atoms. The molecule has 5 rings (SSSR count). The summed E-state index contributed by atoms with van der Waals surface area (Å²) in [7, 11) is 1.33. The summed E-state index contributed by atoms with van der Waals surface area (Å²) in [6.07, 6.45) is 3.94. The minimum atomic E-state index is -0.440. The third-order valence-electron chi connectivity index (χ3n) is 5.89. The van der Waals surface area contributed by atoms with Crippen molar-refractivity contribution in [3.8, 4) is 0 Å². The van der Waals surface area contributed by atoms with Gasteiger partial charge in [0.1, 0.15) is 21.4 Å². The van der Waals surface area contributed by atoms with E-state index in [1.165, 1.54) is 18.4 Å². The number of aromatic nitrogens is 5. The van der Waals surface area contributed by atoms with Gasteiger partial charge in [-0.1, -0.05) is 6.07 Å². The molecule has 0 bridgehead atoms. The highest BCUT2D eigenvalue weighted by atomic mass is 32.1. The number of nitrogens with zero attached hydrogens (tertiary/aromatic N) is 5. The second-order valence-electron chi connectivity index (χ2n) is 7.78. The highest BCUT2D eigenvalue weighted by Crippen LogP contribution is 2.29. The third kappa shape index (κ3) is 3.51. The fraction of sp³-hybridized carbons (Fsp3) is 0.381. The van der Waals surface area contributed by atoms with E-state index in [0.29, 0.717) is 38.9 Å². The van der Waals surface area contributed by atoms with Crippen molar-refractivity contribution in [2.75, 3.05) is 20.2 Å². The summed E-state index contributed by atoms with van der Waals surface area (Å²) in [4.78, 5) is 35.4. The molecule has 0 aliphatic carbocycles. The SMILES string of the molecule is COC(=O)c1sc2nc(CN3CCC(c4nnc5ccccn45)CC3)[nH]c(=O)c2c1C. The molecule has 4 aromatic heterocycles. The molecule has 4 aromatic rings. The zero-order chi connectivity index (χ0) is 21.5. The normalized spacial score (nSPS) is 15.7. The first-order chi connectivity index (χ1) is 15.0. The Morgan fingerprint density at radius 2 is 2.10 bits per heavy atom. The number of H-pyrrole nitrogens is 1. The highest BCUT2D eigenvalue weighted by Gasteiger charge is 2.25. The van der Waals surface area contributed by atoms with Gasteiger partial charge in [-0.3, -0.25) is 14.1 Å². The van der Waals surface area contributed by atoms with Gasteiger partial charge in [-0.2, -0.15) is 0 Å². The predicted molar refractivity (Wildman–Crippen MR) is 117 cm³/mol. The van der Waals surface area contributed by atoms with E-state index in [4.69, 9.17) is 4.74 Å². The van der Waals surface area contributed by atoms with Gasteiger partial charge in [-0.15, -0.1) is 21.5 Å². The number of carbonyl (C=O) groups is 1. The lowest BCUT2D eigenvalue weighted by Crippen LogP contribution is -2.34. The topological polar surface area (TPSA) is 105 Å². The Morgan fingerprint density at radius 1 is 1.29 bits per heavy atom. The summed E-state index contributed by atoms with van der Waals surface area (Å²) in [6, 6.07) is 5.91. The van der Waals surface area contributed by atoms with E-state index in [9.17, 15) is 9.59 Å². The number of hydrogen-bond donors (Lipinski definition) is 1. The van der Waals surface area contributed by atoms with Crippen molar-refractivity contribution in [2.24, 2.45) is 0 Å². The van der Waals surface area contributed by atoms with Gasteiger partial charge in [0.15, 0.2) is 5.65 Å². The Balaban J connectivity index is 1.32. The number of carbonyl (C=O) groups excluding carboxylic acids is 1. The van der Waals surface area contributed by atoms with Gasteiger partial charge in [0, 0.05) is 12.1 Å². The smallest absolute Gasteiger partial charge is 0.348 e. The van der Waals surface area contributed by atoms with Crippen LogP contribution in [0.15, 0.2) is 29.2 Å². The molecule has 1 aliphatic heterocycles. The minimum absolute atomic E-state index is 0.214. The van der Waals surface area contributed by atoms with Crippen LogP contribution in [0, 0.1) is 6.92 Å². The number of ether oxygens (including phenoxy) is 1. The van der Waals surface area contributed by atoms with Crippen molar-refractivity contribution in [3.63, 3.8) is 0 Å². The van der Waals surface area contributed by atoms with Gasteiger partial charge in [0.05, 0.1) is 19.0 Å². The standard InChI is InChI=1S/C21H22N6O3S/c1-12-16-19(28)22-14(23-20(16)31-17(12)21(29)30-2)11-26-9-6-13(7-10-26)18-25-24-15-5-3-4-8-27(15)18/h3-5,8,13H,6-7,9-11H2,1-2H3,(H,22,23,28). The lowest BCUT2D eigenvalue weighted by Gasteiger charge is -2.30. The van der Waals surface area contributed by atoms with Crippen LogP contribution in [0.3, 0.4) is 0 Å². The molecule has 0 saturated carbocycles. The molecule has 0 amide bonds. The van der Waals surface area contributed by atoms with Crippen molar-refractivity contribution in [2.45, 2.75) is 32.2 Å². The lowest BCUT2D eigenvalue weighted by molar-refractivity contribution is 0.0605. The number of likely N-dealkylation sites (tertiary alicyclic amines) is 1. The van der Waals surface area contributed by atoms with Crippen molar-refractivity contribution in [1.82, 2.24) is 29.5 Å². The number of hydrogen-bond acceptors (Lipinski definition) is 8. The number of rotatable bonds is 4. The van der Waals surface area contributed by atoms with Crippen LogP contribution in [0.1, 0.15) is 45.6 Å². The minimum Gasteiger partial charge on any atom is -0.465 e. The van der Waals surface area contributed by atoms with Crippen LogP contribution in [0.4, 0.5) is 0 Å². The number of piperidine rings is 1. The van der Waals surface area contributed by atoms with Crippen molar-refractivity contribution in [1.29, 1.82) is 0 Å². The molecule has 0 spiro atoms. The summed E-state index contributed by atoms with van der Waals surface area (Å²) < 4.78 is 6.88. The van der Waals surface area contributed by atoms with E-state index in [0.717, 1.165) is 37.4 Å².